The second kappa shape index (κ2) is 15.3. The molecule has 1 aliphatic carbocycles. The lowest BCUT2D eigenvalue weighted by Crippen LogP contribution is -2.48. The molecule has 0 radical (unpaired) electrons. The molecular formula is C37H48N3O10+. The van der Waals surface area contributed by atoms with E-state index in [1.165, 1.54) is 19.2 Å². The number of carbonyl (C=O) groups is 4. The number of pyridine rings is 1. The van der Waals surface area contributed by atoms with E-state index < -0.39 is 77.9 Å². The highest BCUT2D eigenvalue weighted by atomic mass is 16.6. The number of aliphatic hydroxyl groups is 1. The van der Waals surface area contributed by atoms with E-state index in [1.54, 1.807) is 49.1 Å². The molecule has 270 valence electrons. The Bertz CT molecular complexity index is 1600. The highest BCUT2D eigenvalue weighted by molar-refractivity contribution is 5.92. The Morgan fingerprint density at radius 3 is 2.46 bits per heavy atom. The number of rotatable bonds is 11. The lowest BCUT2D eigenvalue weighted by Gasteiger charge is -2.41. The Morgan fingerprint density at radius 2 is 1.84 bits per heavy atom. The molecule has 50 heavy (non-hydrogen) atoms. The normalized spacial score (nSPS) is 31.2. The topological polar surface area (TPSA) is 180 Å². The number of methoxy groups -OCH3 is 1. The average molecular weight is 695 g/mol. The number of aliphatic hydroxyl groups excluding tert-OH is 1. The molecule has 2 aromatic rings. The van der Waals surface area contributed by atoms with Crippen molar-refractivity contribution in [2.75, 3.05) is 7.11 Å². The van der Waals surface area contributed by atoms with Gasteiger partial charge in [-0.25, -0.2) is 14.4 Å². The lowest BCUT2D eigenvalue weighted by atomic mass is 9.69. The molecule has 2 bridgehead atoms. The molecule has 3 aliphatic rings. The van der Waals surface area contributed by atoms with Crippen LogP contribution in [0.15, 0.2) is 66.7 Å². The number of hydrogen-bond acceptors (Lipinski definition) is 10. The van der Waals surface area contributed by atoms with Crippen molar-refractivity contribution >= 4 is 23.8 Å². The van der Waals surface area contributed by atoms with Gasteiger partial charge < -0.3 is 39.5 Å². The Morgan fingerprint density at radius 1 is 1.12 bits per heavy atom. The Balaban J connectivity index is 1.41. The summed E-state index contributed by atoms with van der Waals surface area (Å²) in [4.78, 5) is 54.0. The van der Waals surface area contributed by atoms with Crippen molar-refractivity contribution in [3.05, 3.63) is 77.9 Å². The molecule has 1 amide bonds. The van der Waals surface area contributed by atoms with Crippen molar-refractivity contribution < 1.29 is 52.5 Å². The zero-order valence-corrected chi connectivity index (χ0v) is 29.3. The molecule has 1 saturated heterocycles. The molecule has 5 rings (SSSR count). The Labute approximate surface area is 291 Å². The van der Waals surface area contributed by atoms with E-state index >= 15 is 0 Å². The van der Waals surface area contributed by atoms with Crippen LogP contribution in [0.5, 0.6) is 0 Å². The van der Waals surface area contributed by atoms with Crippen LogP contribution in [0, 0.1) is 23.7 Å². The summed E-state index contributed by atoms with van der Waals surface area (Å²) in [6.07, 6.45) is 6.87. The van der Waals surface area contributed by atoms with Gasteiger partial charge in [0.2, 0.25) is 12.5 Å². The fourth-order valence-corrected chi connectivity index (χ4v) is 7.39. The van der Waals surface area contributed by atoms with Crippen LogP contribution < -0.4 is 10.3 Å². The van der Waals surface area contributed by atoms with Crippen molar-refractivity contribution in [3.8, 4) is 0 Å². The predicted molar refractivity (Wildman–Crippen MR) is 178 cm³/mol. The summed E-state index contributed by atoms with van der Waals surface area (Å²) in [5, 5.41) is 10.7. The lowest BCUT2D eigenvalue weighted by molar-refractivity contribution is -0.686. The summed E-state index contributed by atoms with van der Waals surface area (Å²) in [7, 11) is 1.45. The molecule has 11 atom stereocenters. The van der Waals surface area contributed by atoms with E-state index in [4.69, 9.17) is 29.4 Å². The molecule has 2 aromatic heterocycles. The number of nitrogens with one attached hydrogen (secondary N) is 1. The predicted octanol–water partition coefficient (Wildman–Crippen LogP) is 2.82. The number of aromatic nitrogens is 2. The minimum Gasteiger partial charge on any atom is -0.456 e. The van der Waals surface area contributed by atoms with Crippen LogP contribution in [0.3, 0.4) is 0 Å². The largest absolute Gasteiger partial charge is 0.456 e. The number of H-pyrrole nitrogens is 1. The third-order valence-corrected chi connectivity index (χ3v) is 10.4. The van der Waals surface area contributed by atoms with E-state index in [0.29, 0.717) is 17.7 Å². The number of carbonyl (C=O) groups excluding carboxylic acids is 4. The molecule has 2 aliphatic heterocycles. The third-order valence-electron chi connectivity index (χ3n) is 10.4. The SMILES string of the molecule is CO[C@H]1CC2C=C[C@@H]3C[C@]2(O[C@H]3[C@H](OC(=O)c2ccc[nH]2)[C@H](C)[C@H](C)O)/C(C)=C/[C@@H](C)[C@@H]([C@@H](C)OC(=O)C[n+]2ccc(C(N)=O)cc2)OC1=O. The Hall–Kier alpha value is -4.33. The maximum atomic E-state index is 13.6. The number of ether oxygens (including phenoxy) is 5. The number of primary amides is 1. The molecule has 1 spiro atoms. The van der Waals surface area contributed by atoms with Gasteiger partial charge >= 0.3 is 17.9 Å². The van der Waals surface area contributed by atoms with Crippen LogP contribution in [-0.2, 0) is 39.8 Å². The minimum atomic E-state index is -0.943. The van der Waals surface area contributed by atoms with Gasteiger partial charge in [-0.3, -0.25) is 4.79 Å². The molecule has 0 aromatic carbocycles. The first-order valence-corrected chi connectivity index (χ1v) is 17.0. The molecule has 13 nitrogen and oxygen atoms in total. The number of aromatic amines is 1. The van der Waals surface area contributed by atoms with Crippen molar-refractivity contribution in [2.24, 2.45) is 29.4 Å². The third kappa shape index (κ3) is 7.69. The molecule has 0 saturated carbocycles. The first kappa shape index (κ1) is 36.9. The summed E-state index contributed by atoms with van der Waals surface area (Å²) in [5.74, 6) is -3.57. The number of hydrogen-bond donors (Lipinski definition) is 3. The van der Waals surface area contributed by atoms with E-state index in [1.807, 2.05) is 32.9 Å². The van der Waals surface area contributed by atoms with Crippen LogP contribution in [0.1, 0.15) is 68.3 Å². The minimum absolute atomic E-state index is 0.137. The van der Waals surface area contributed by atoms with Gasteiger partial charge in [0.05, 0.1) is 17.3 Å². The standard InChI is InChI=1S/C37H47N3O10/c1-20-16-21(2)37-18-26(33(50-37)32(22(3)23(4)41)49-35(44)28-8-7-13-39-28)9-10-27(37)17-29(46-6)36(45)48-31(20)24(5)47-30(42)19-40-14-11-25(12-15-40)34(38)43/h7-16,20,22-24,26-27,29,31-33,41H,17-19H2,1-6H3,(H2-,38,39,43,44)/p+1/b21-16+/t20-,22-,23+,24-,26-,27?,29+,31+,32-,33-,37+/m1/s1. The summed E-state index contributed by atoms with van der Waals surface area (Å²) in [6.45, 7) is 8.90. The smallest absolute Gasteiger partial charge is 0.373 e. The first-order chi connectivity index (χ1) is 23.7. The van der Waals surface area contributed by atoms with Crippen LogP contribution in [0.25, 0.3) is 0 Å². The molecule has 4 heterocycles. The summed E-state index contributed by atoms with van der Waals surface area (Å²) in [6, 6.07) is 6.36. The van der Waals surface area contributed by atoms with Crippen LogP contribution in [-0.4, -0.2) is 83.2 Å². The monoisotopic (exact) mass is 694 g/mol. The van der Waals surface area contributed by atoms with Crippen molar-refractivity contribution in [1.82, 2.24) is 4.98 Å². The van der Waals surface area contributed by atoms with Crippen LogP contribution >= 0.6 is 0 Å². The van der Waals surface area contributed by atoms with Crippen LogP contribution in [0.4, 0.5) is 0 Å². The second-order valence-corrected chi connectivity index (χ2v) is 13.8. The molecule has 4 N–H and O–H groups in total. The van der Waals surface area contributed by atoms with E-state index in [0.717, 1.165) is 5.57 Å². The zero-order chi connectivity index (χ0) is 36.3. The second-order valence-electron chi connectivity index (χ2n) is 13.8. The van der Waals surface area contributed by atoms with Gasteiger partial charge in [0, 0.05) is 49.1 Å². The quantitative estimate of drug-likeness (QED) is 0.137. The van der Waals surface area contributed by atoms with E-state index in [-0.39, 0.29) is 24.8 Å². The zero-order valence-electron chi connectivity index (χ0n) is 29.3. The van der Waals surface area contributed by atoms with Gasteiger partial charge in [-0.15, -0.1) is 0 Å². The van der Waals surface area contributed by atoms with Gasteiger partial charge in [-0.2, -0.15) is 4.57 Å². The summed E-state index contributed by atoms with van der Waals surface area (Å²) < 4.78 is 32.1. The first-order valence-electron chi connectivity index (χ1n) is 17.0. The fourth-order valence-electron chi connectivity index (χ4n) is 7.39. The van der Waals surface area contributed by atoms with Gasteiger partial charge in [-0.1, -0.05) is 32.1 Å². The molecule has 1 fully saturated rings. The number of nitrogens with two attached hydrogens (primary N) is 1. The fraction of sp³-hybridized carbons (Fsp3) is 0.541. The van der Waals surface area contributed by atoms with Crippen LogP contribution in [0.2, 0.25) is 0 Å². The number of amides is 1. The maximum Gasteiger partial charge on any atom is 0.373 e. The van der Waals surface area contributed by atoms with Gasteiger partial charge in [0.15, 0.2) is 18.5 Å². The molecule has 1 unspecified atom stereocenters. The maximum absolute atomic E-state index is 13.6. The number of cyclic esters (lactones) is 1. The van der Waals surface area contributed by atoms with Gasteiger partial charge in [0.1, 0.15) is 30.1 Å². The summed E-state index contributed by atoms with van der Waals surface area (Å²) in [5.41, 5.74) is 5.94. The van der Waals surface area contributed by atoms with Gasteiger partial charge in [0.25, 0.3) is 0 Å². The van der Waals surface area contributed by atoms with Crippen molar-refractivity contribution in [3.63, 3.8) is 0 Å². The number of esters is 3. The summed E-state index contributed by atoms with van der Waals surface area (Å²) >= 11 is 0. The molecule has 13 heteroatoms. The van der Waals surface area contributed by atoms with E-state index in [9.17, 15) is 24.3 Å². The van der Waals surface area contributed by atoms with Crippen molar-refractivity contribution in [2.45, 2.75) is 96.2 Å². The van der Waals surface area contributed by atoms with E-state index in [2.05, 4.69) is 11.1 Å². The highest BCUT2D eigenvalue weighted by Gasteiger charge is 2.57. The van der Waals surface area contributed by atoms with Gasteiger partial charge in [-0.05, 0) is 51.3 Å². The highest BCUT2D eigenvalue weighted by Crippen LogP contribution is 2.53. The Kier molecular flexibility index (Phi) is 11.3. The molecular weight excluding hydrogens is 646 g/mol. The number of fused-ring (bicyclic) bond motifs is 1. The number of nitrogens with zero attached hydrogens (tertiary/aromatic N) is 1. The average Bonchev–Trinajstić information content (AvgIpc) is 3.72. The van der Waals surface area contributed by atoms with Crippen molar-refractivity contribution in [1.29, 1.82) is 0 Å².